The number of carbonyl (C=O) groups excluding carboxylic acids is 2. The van der Waals surface area contributed by atoms with Gasteiger partial charge in [0.1, 0.15) is 17.5 Å². The molecule has 2 heterocycles. The molecule has 0 radical (unpaired) electrons. The molecule has 2 amide bonds. The van der Waals surface area contributed by atoms with Crippen LogP contribution in [0.1, 0.15) is 50.9 Å². The summed E-state index contributed by atoms with van der Waals surface area (Å²) in [6.45, 7) is 7.97. The number of hydrogen-bond acceptors (Lipinski definition) is 5. The van der Waals surface area contributed by atoms with E-state index in [0.717, 1.165) is 11.3 Å². The van der Waals surface area contributed by atoms with E-state index < -0.39 is 11.5 Å². The van der Waals surface area contributed by atoms with Crippen LogP contribution >= 0.6 is 0 Å². The van der Waals surface area contributed by atoms with Crippen LogP contribution in [0, 0.1) is 0 Å². The van der Waals surface area contributed by atoms with E-state index in [1.807, 2.05) is 63.7 Å². The summed E-state index contributed by atoms with van der Waals surface area (Å²) in [6, 6.07) is 5.18. The Morgan fingerprint density at radius 2 is 2.03 bits per heavy atom. The third kappa shape index (κ3) is 5.69. The second kappa shape index (κ2) is 9.46. The predicted molar refractivity (Wildman–Crippen MR) is 122 cm³/mol. The van der Waals surface area contributed by atoms with Gasteiger partial charge in [-0.3, -0.25) is 4.79 Å². The van der Waals surface area contributed by atoms with Gasteiger partial charge in [-0.2, -0.15) is 0 Å². The molecule has 2 N–H and O–H groups in total. The Labute approximate surface area is 189 Å². The van der Waals surface area contributed by atoms with Crippen LogP contribution in [0.2, 0.25) is 0 Å². The summed E-state index contributed by atoms with van der Waals surface area (Å²) in [5, 5.41) is 0. The Bertz CT molecular complexity index is 1010. The monoisotopic (exact) mass is 440 g/mol. The van der Waals surface area contributed by atoms with Gasteiger partial charge >= 0.3 is 6.09 Å². The molecule has 2 atom stereocenters. The van der Waals surface area contributed by atoms with Crippen molar-refractivity contribution in [3.05, 3.63) is 48.4 Å². The SMILES string of the molecule is CC=CC1CC(Oc2ccc(-c3cn(C)cn3)cc2C(N)=O)CCN1C(=O)OC(C)(C)C. The number of rotatable bonds is 5. The molecule has 1 fully saturated rings. The van der Waals surface area contributed by atoms with Gasteiger partial charge in [-0.15, -0.1) is 0 Å². The Kier molecular flexibility index (Phi) is 6.91. The van der Waals surface area contributed by atoms with Gasteiger partial charge in [0.2, 0.25) is 0 Å². The van der Waals surface area contributed by atoms with E-state index >= 15 is 0 Å². The van der Waals surface area contributed by atoms with Crippen LogP contribution < -0.4 is 10.5 Å². The molecule has 2 unspecified atom stereocenters. The number of hydrogen-bond donors (Lipinski definition) is 1. The van der Waals surface area contributed by atoms with Crippen molar-refractivity contribution < 1.29 is 19.1 Å². The highest BCUT2D eigenvalue weighted by Crippen LogP contribution is 2.30. The minimum absolute atomic E-state index is 0.154. The zero-order valence-electron chi connectivity index (χ0n) is 19.4. The van der Waals surface area contributed by atoms with Gasteiger partial charge in [0.05, 0.1) is 23.6 Å². The zero-order chi connectivity index (χ0) is 23.5. The van der Waals surface area contributed by atoms with Gasteiger partial charge in [-0.1, -0.05) is 12.2 Å². The molecule has 8 nitrogen and oxygen atoms in total. The van der Waals surface area contributed by atoms with Gasteiger partial charge in [-0.05, 0) is 45.9 Å². The van der Waals surface area contributed by atoms with Gasteiger partial charge in [0, 0.05) is 38.2 Å². The summed E-state index contributed by atoms with van der Waals surface area (Å²) in [7, 11) is 1.88. The first kappa shape index (κ1) is 23.4. The summed E-state index contributed by atoms with van der Waals surface area (Å²) in [5.41, 5.74) is 6.93. The largest absolute Gasteiger partial charge is 0.489 e. The molecule has 2 aromatic rings. The Morgan fingerprint density at radius 3 is 2.62 bits per heavy atom. The summed E-state index contributed by atoms with van der Waals surface area (Å²) >= 11 is 0. The van der Waals surface area contributed by atoms with Crippen LogP contribution in [0.5, 0.6) is 5.75 Å². The number of aromatic nitrogens is 2. The highest BCUT2D eigenvalue weighted by atomic mass is 16.6. The number of allylic oxidation sites excluding steroid dienone is 1. The van der Waals surface area contributed by atoms with E-state index in [2.05, 4.69) is 4.98 Å². The number of carbonyl (C=O) groups is 2. The fourth-order valence-electron chi connectivity index (χ4n) is 3.75. The maximum Gasteiger partial charge on any atom is 0.410 e. The van der Waals surface area contributed by atoms with Crippen molar-refractivity contribution in [1.82, 2.24) is 14.5 Å². The molecule has 32 heavy (non-hydrogen) atoms. The normalized spacial score (nSPS) is 19.2. The van der Waals surface area contributed by atoms with E-state index in [1.54, 1.807) is 23.4 Å². The lowest BCUT2D eigenvalue weighted by Crippen LogP contribution is -2.49. The van der Waals surface area contributed by atoms with Crippen LogP contribution in [0.4, 0.5) is 4.79 Å². The minimum Gasteiger partial charge on any atom is -0.489 e. The molecule has 0 bridgehead atoms. The minimum atomic E-state index is -0.561. The number of nitrogens with zero attached hydrogens (tertiary/aromatic N) is 3. The highest BCUT2D eigenvalue weighted by molar-refractivity contribution is 5.97. The van der Waals surface area contributed by atoms with Crippen molar-refractivity contribution in [2.45, 2.75) is 58.3 Å². The molecular formula is C24H32N4O4. The van der Waals surface area contributed by atoms with Crippen LogP contribution in [0.15, 0.2) is 42.9 Å². The lowest BCUT2D eigenvalue weighted by molar-refractivity contribution is 0.00305. The van der Waals surface area contributed by atoms with Gasteiger partial charge in [0.15, 0.2) is 0 Å². The first-order valence-corrected chi connectivity index (χ1v) is 10.8. The van der Waals surface area contributed by atoms with Crippen molar-refractivity contribution in [3.63, 3.8) is 0 Å². The van der Waals surface area contributed by atoms with Crippen molar-refractivity contribution in [1.29, 1.82) is 0 Å². The molecule has 0 aliphatic carbocycles. The molecule has 0 saturated carbocycles. The maximum atomic E-state index is 12.6. The number of aryl methyl sites for hydroxylation is 1. The molecule has 8 heteroatoms. The first-order chi connectivity index (χ1) is 15.1. The molecule has 1 aromatic carbocycles. The molecule has 0 spiro atoms. The number of piperidine rings is 1. The molecule has 1 saturated heterocycles. The average molecular weight is 441 g/mol. The Balaban J connectivity index is 1.77. The Morgan fingerprint density at radius 1 is 1.28 bits per heavy atom. The van der Waals surface area contributed by atoms with Crippen molar-refractivity contribution in [2.75, 3.05) is 6.54 Å². The fourth-order valence-corrected chi connectivity index (χ4v) is 3.75. The summed E-state index contributed by atoms with van der Waals surface area (Å²) < 4.78 is 13.6. The van der Waals surface area contributed by atoms with Crippen molar-refractivity contribution >= 4 is 12.0 Å². The third-order valence-electron chi connectivity index (χ3n) is 5.18. The number of benzene rings is 1. The topological polar surface area (TPSA) is 99.7 Å². The summed E-state index contributed by atoms with van der Waals surface area (Å²) in [5.74, 6) is -0.124. The van der Waals surface area contributed by atoms with Crippen LogP contribution in [0.3, 0.4) is 0 Å². The number of nitrogens with two attached hydrogens (primary N) is 1. The number of ether oxygens (including phenoxy) is 2. The summed E-state index contributed by atoms with van der Waals surface area (Å²) in [6.07, 6.45) is 8.15. The van der Waals surface area contributed by atoms with E-state index in [9.17, 15) is 9.59 Å². The van der Waals surface area contributed by atoms with E-state index in [0.29, 0.717) is 30.7 Å². The molecule has 1 aromatic heterocycles. The van der Waals surface area contributed by atoms with E-state index in [4.69, 9.17) is 15.2 Å². The second-order valence-electron chi connectivity index (χ2n) is 9.03. The molecule has 1 aliphatic rings. The number of imidazole rings is 1. The lowest BCUT2D eigenvalue weighted by Gasteiger charge is -2.38. The Hall–Kier alpha value is -3.29. The summed E-state index contributed by atoms with van der Waals surface area (Å²) in [4.78, 5) is 30.8. The van der Waals surface area contributed by atoms with E-state index in [1.165, 1.54) is 0 Å². The van der Waals surface area contributed by atoms with Gasteiger partial charge in [0.25, 0.3) is 5.91 Å². The molecular weight excluding hydrogens is 408 g/mol. The van der Waals surface area contributed by atoms with Crippen molar-refractivity contribution in [3.8, 4) is 17.0 Å². The predicted octanol–water partition coefficient (Wildman–Crippen LogP) is 3.91. The molecule has 172 valence electrons. The number of amides is 2. The zero-order valence-corrected chi connectivity index (χ0v) is 19.4. The van der Waals surface area contributed by atoms with Gasteiger partial charge in [-0.25, -0.2) is 9.78 Å². The van der Waals surface area contributed by atoms with E-state index in [-0.39, 0.29) is 18.2 Å². The second-order valence-corrected chi connectivity index (χ2v) is 9.03. The number of primary amides is 1. The fraction of sp³-hybridized carbons (Fsp3) is 0.458. The third-order valence-corrected chi connectivity index (χ3v) is 5.18. The average Bonchev–Trinajstić information content (AvgIpc) is 3.13. The smallest absolute Gasteiger partial charge is 0.410 e. The maximum absolute atomic E-state index is 12.6. The van der Waals surface area contributed by atoms with Crippen molar-refractivity contribution in [2.24, 2.45) is 12.8 Å². The quantitative estimate of drug-likeness (QED) is 0.711. The standard InChI is InChI=1S/C24H32N4O4/c1-6-7-17-13-18(10-11-28(17)23(30)32-24(2,3)4)31-21-9-8-16(12-19(21)22(25)29)20-14-27(5)15-26-20/h6-9,12,14-15,17-18H,10-11,13H2,1-5H3,(H2,25,29). The lowest BCUT2D eigenvalue weighted by atomic mass is 9.98. The molecule has 1 aliphatic heterocycles. The molecule has 3 rings (SSSR count). The van der Waals surface area contributed by atoms with Crippen LogP contribution in [-0.2, 0) is 11.8 Å². The van der Waals surface area contributed by atoms with Crippen LogP contribution in [-0.4, -0.2) is 50.7 Å². The van der Waals surface area contributed by atoms with Gasteiger partial charge < -0.3 is 24.7 Å². The van der Waals surface area contributed by atoms with Crippen LogP contribution in [0.25, 0.3) is 11.3 Å². The highest BCUT2D eigenvalue weighted by Gasteiger charge is 2.34. The first-order valence-electron chi connectivity index (χ1n) is 10.8. The number of likely N-dealkylation sites (tertiary alicyclic amines) is 1.